The standard InChI is InChI=1S/C11H13ClFNO4S/c1-18-11(15)3-2-6-19(16,17)14-10-5-4-8(12)7-9(10)13/h4-5,7,14H,2-3,6H2,1H3. The van der Waals surface area contributed by atoms with Crippen molar-refractivity contribution in [3.8, 4) is 0 Å². The Balaban J connectivity index is 2.61. The first-order valence-electron chi connectivity index (χ1n) is 5.36. The van der Waals surface area contributed by atoms with Crippen LogP contribution in [0.2, 0.25) is 5.02 Å². The van der Waals surface area contributed by atoms with Crippen LogP contribution in [0.5, 0.6) is 0 Å². The van der Waals surface area contributed by atoms with E-state index in [0.29, 0.717) is 0 Å². The van der Waals surface area contributed by atoms with Gasteiger partial charge in [0.1, 0.15) is 5.82 Å². The third-order valence-electron chi connectivity index (χ3n) is 2.22. The maximum absolute atomic E-state index is 13.4. The van der Waals surface area contributed by atoms with Crippen LogP contribution in [-0.4, -0.2) is 27.2 Å². The van der Waals surface area contributed by atoms with E-state index in [1.54, 1.807) is 0 Å². The van der Waals surface area contributed by atoms with Gasteiger partial charge in [-0.3, -0.25) is 9.52 Å². The Morgan fingerprint density at radius 2 is 2.16 bits per heavy atom. The molecule has 1 aromatic rings. The first-order chi connectivity index (χ1) is 8.84. The topological polar surface area (TPSA) is 72.5 Å². The molecule has 0 amide bonds. The molecule has 0 aliphatic rings. The summed E-state index contributed by atoms with van der Waals surface area (Å²) in [6, 6.07) is 3.61. The molecular weight excluding hydrogens is 297 g/mol. The zero-order chi connectivity index (χ0) is 14.5. The van der Waals surface area contributed by atoms with Gasteiger partial charge in [-0.2, -0.15) is 0 Å². The molecule has 8 heteroatoms. The average Bonchev–Trinajstić information content (AvgIpc) is 2.32. The maximum Gasteiger partial charge on any atom is 0.305 e. The molecular formula is C11H13ClFNO4S. The van der Waals surface area contributed by atoms with Crippen molar-refractivity contribution in [2.45, 2.75) is 12.8 Å². The number of methoxy groups -OCH3 is 1. The Kier molecular flexibility index (Phi) is 5.56. The number of esters is 1. The second-order valence-electron chi connectivity index (χ2n) is 3.72. The number of carbonyl (C=O) groups excluding carboxylic acids is 1. The second-order valence-corrected chi connectivity index (χ2v) is 6.00. The van der Waals surface area contributed by atoms with Crippen LogP contribution in [0.3, 0.4) is 0 Å². The summed E-state index contributed by atoms with van der Waals surface area (Å²) in [5.74, 6) is -1.55. The molecule has 0 atom stereocenters. The van der Waals surface area contributed by atoms with E-state index in [2.05, 4.69) is 9.46 Å². The number of sulfonamides is 1. The van der Waals surface area contributed by atoms with Gasteiger partial charge in [0.05, 0.1) is 18.6 Å². The van der Waals surface area contributed by atoms with Crippen LogP contribution in [0.1, 0.15) is 12.8 Å². The number of rotatable bonds is 6. The number of carbonyl (C=O) groups is 1. The van der Waals surface area contributed by atoms with Gasteiger partial charge in [0.15, 0.2) is 0 Å². The van der Waals surface area contributed by atoms with E-state index in [1.165, 1.54) is 19.2 Å². The minimum Gasteiger partial charge on any atom is -0.469 e. The van der Waals surface area contributed by atoms with E-state index in [-0.39, 0.29) is 29.3 Å². The summed E-state index contributed by atoms with van der Waals surface area (Å²) in [6.07, 6.45) is 0.0811. The van der Waals surface area contributed by atoms with E-state index < -0.39 is 21.8 Å². The number of anilines is 1. The number of hydrogen-bond acceptors (Lipinski definition) is 4. The Morgan fingerprint density at radius 3 is 2.74 bits per heavy atom. The van der Waals surface area contributed by atoms with Crippen molar-refractivity contribution in [2.75, 3.05) is 17.6 Å². The van der Waals surface area contributed by atoms with Gasteiger partial charge in [-0.25, -0.2) is 12.8 Å². The van der Waals surface area contributed by atoms with Crippen molar-refractivity contribution in [2.24, 2.45) is 0 Å². The third-order valence-corrected chi connectivity index (χ3v) is 3.81. The Bertz CT molecular complexity index is 562. The smallest absolute Gasteiger partial charge is 0.305 e. The van der Waals surface area contributed by atoms with Crippen LogP contribution < -0.4 is 4.72 Å². The molecule has 1 aromatic carbocycles. The van der Waals surface area contributed by atoms with Gasteiger partial charge in [-0.15, -0.1) is 0 Å². The summed E-state index contributed by atoms with van der Waals surface area (Å²) in [5.41, 5.74) is -0.178. The molecule has 5 nitrogen and oxygen atoms in total. The van der Waals surface area contributed by atoms with Crippen molar-refractivity contribution in [3.63, 3.8) is 0 Å². The van der Waals surface area contributed by atoms with Crippen molar-refractivity contribution >= 4 is 33.3 Å². The fraction of sp³-hybridized carbons (Fsp3) is 0.364. The lowest BCUT2D eigenvalue weighted by atomic mass is 10.3. The molecule has 0 spiro atoms. The molecule has 1 N–H and O–H groups in total. The Morgan fingerprint density at radius 1 is 1.47 bits per heavy atom. The van der Waals surface area contributed by atoms with E-state index in [0.717, 1.165) is 6.07 Å². The fourth-order valence-electron chi connectivity index (χ4n) is 1.30. The lowest BCUT2D eigenvalue weighted by Gasteiger charge is -2.08. The summed E-state index contributed by atoms with van der Waals surface area (Å²) in [4.78, 5) is 10.8. The molecule has 0 aliphatic carbocycles. The van der Waals surface area contributed by atoms with E-state index in [4.69, 9.17) is 11.6 Å². The lowest BCUT2D eigenvalue weighted by Crippen LogP contribution is -2.18. The first kappa shape index (κ1) is 15.7. The molecule has 0 bridgehead atoms. The van der Waals surface area contributed by atoms with Crippen LogP contribution in [0.4, 0.5) is 10.1 Å². The second kappa shape index (κ2) is 6.72. The molecule has 19 heavy (non-hydrogen) atoms. The lowest BCUT2D eigenvalue weighted by molar-refractivity contribution is -0.140. The molecule has 0 heterocycles. The van der Waals surface area contributed by atoms with E-state index in [9.17, 15) is 17.6 Å². The SMILES string of the molecule is COC(=O)CCCS(=O)(=O)Nc1ccc(Cl)cc1F. The van der Waals surface area contributed by atoms with Gasteiger partial charge < -0.3 is 4.74 Å². The minimum atomic E-state index is -3.71. The van der Waals surface area contributed by atoms with Gasteiger partial charge >= 0.3 is 5.97 Å². The third kappa shape index (κ3) is 5.44. The predicted molar refractivity (Wildman–Crippen MR) is 70.1 cm³/mol. The molecule has 0 fully saturated rings. The van der Waals surface area contributed by atoms with Crippen molar-refractivity contribution < 1.29 is 22.3 Å². The fourth-order valence-corrected chi connectivity index (χ4v) is 2.59. The molecule has 0 unspecified atom stereocenters. The first-order valence-corrected chi connectivity index (χ1v) is 7.39. The van der Waals surface area contributed by atoms with Gasteiger partial charge in [-0.05, 0) is 24.6 Å². The molecule has 106 valence electrons. The Labute approximate surface area is 115 Å². The minimum absolute atomic E-state index is 0.0134. The molecule has 0 radical (unpaired) electrons. The highest BCUT2D eigenvalue weighted by molar-refractivity contribution is 7.92. The summed E-state index contributed by atoms with van der Waals surface area (Å²) in [7, 11) is -2.49. The van der Waals surface area contributed by atoms with Crippen LogP contribution in [0, 0.1) is 5.82 Å². The largest absolute Gasteiger partial charge is 0.469 e. The average molecular weight is 310 g/mol. The number of hydrogen-bond donors (Lipinski definition) is 1. The summed E-state index contributed by atoms with van der Waals surface area (Å²) >= 11 is 5.55. The molecule has 0 aliphatic heterocycles. The van der Waals surface area contributed by atoms with Crippen LogP contribution in [0.15, 0.2) is 18.2 Å². The van der Waals surface area contributed by atoms with Gasteiger partial charge in [0.25, 0.3) is 0 Å². The molecule has 1 rings (SSSR count). The zero-order valence-electron chi connectivity index (χ0n) is 10.2. The van der Waals surface area contributed by atoms with Gasteiger partial charge in [0.2, 0.25) is 10.0 Å². The summed E-state index contributed by atoms with van der Waals surface area (Å²) in [6.45, 7) is 0. The quantitative estimate of drug-likeness (QED) is 0.817. The predicted octanol–water partition coefficient (Wildman–Crippen LogP) is 2.17. The maximum atomic E-state index is 13.4. The Hall–Kier alpha value is -1.34. The molecule has 0 saturated carbocycles. The van der Waals surface area contributed by atoms with Crippen LogP contribution in [-0.2, 0) is 19.6 Å². The van der Waals surface area contributed by atoms with Crippen LogP contribution in [0.25, 0.3) is 0 Å². The highest BCUT2D eigenvalue weighted by atomic mass is 35.5. The van der Waals surface area contributed by atoms with Gasteiger partial charge in [-0.1, -0.05) is 11.6 Å². The van der Waals surface area contributed by atoms with Crippen molar-refractivity contribution in [1.29, 1.82) is 0 Å². The number of nitrogens with one attached hydrogen (secondary N) is 1. The number of halogens is 2. The number of ether oxygens (including phenoxy) is 1. The molecule has 0 aromatic heterocycles. The van der Waals surface area contributed by atoms with Gasteiger partial charge in [0, 0.05) is 11.4 Å². The highest BCUT2D eigenvalue weighted by Gasteiger charge is 2.14. The molecule has 0 saturated heterocycles. The zero-order valence-corrected chi connectivity index (χ0v) is 11.7. The van der Waals surface area contributed by atoms with Crippen molar-refractivity contribution in [3.05, 3.63) is 29.0 Å². The van der Waals surface area contributed by atoms with Crippen LogP contribution >= 0.6 is 11.6 Å². The normalized spacial score (nSPS) is 11.1. The monoisotopic (exact) mass is 309 g/mol. The summed E-state index contributed by atoms with van der Waals surface area (Å²) in [5, 5.41) is 0.172. The van der Waals surface area contributed by atoms with Crippen molar-refractivity contribution in [1.82, 2.24) is 0 Å². The summed E-state index contributed by atoms with van der Waals surface area (Å²) < 4.78 is 43.2. The van der Waals surface area contributed by atoms with E-state index >= 15 is 0 Å². The highest BCUT2D eigenvalue weighted by Crippen LogP contribution is 2.20. The number of benzene rings is 1. The van der Waals surface area contributed by atoms with E-state index in [1.807, 2.05) is 0 Å².